The van der Waals surface area contributed by atoms with Crippen LogP contribution >= 0.6 is 11.5 Å². The Hall–Kier alpha value is -0.680. The van der Waals surface area contributed by atoms with E-state index in [4.69, 9.17) is 9.47 Å². The largest absolute Gasteiger partial charge is 0.460 e. The van der Waals surface area contributed by atoms with Gasteiger partial charge in [0.2, 0.25) is 0 Å². The minimum absolute atomic E-state index is 0.449. The minimum atomic E-state index is 0.449. The van der Waals surface area contributed by atoms with E-state index in [-0.39, 0.29) is 0 Å². The maximum Gasteiger partial charge on any atom is 0.328 e. The summed E-state index contributed by atoms with van der Waals surface area (Å²) in [4.78, 5) is 4.01. The fourth-order valence-corrected chi connectivity index (χ4v) is 0.978. The second-order valence-corrected chi connectivity index (χ2v) is 2.89. The fourth-order valence-electron chi connectivity index (χ4n) is 0.556. The molecule has 1 heterocycles. The zero-order valence-corrected chi connectivity index (χ0v) is 7.35. The van der Waals surface area contributed by atoms with Crippen LogP contribution in [0.1, 0.15) is 5.01 Å². The van der Waals surface area contributed by atoms with Gasteiger partial charge in [0, 0.05) is 7.11 Å². The Labute approximate surface area is 69.3 Å². The number of hydrogen-bond donors (Lipinski definition) is 0. The molecule has 5 heteroatoms. The highest BCUT2D eigenvalue weighted by Crippen LogP contribution is 2.08. The first-order chi connectivity index (χ1) is 5.33. The van der Waals surface area contributed by atoms with Crippen molar-refractivity contribution in [3.63, 3.8) is 0 Å². The van der Waals surface area contributed by atoms with Crippen molar-refractivity contribution < 1.29 is 9.47 Å². The molecule has 62 valence electrons. The summed E-state index contributed by atoms with van der Waals surface area (Å²) in [6.07, 6.45) is 0. The number of hydrogen-bond acceptors (Lipinski definition) is 5. The normalized spacial score (nSPS) is 10.0. The quantitative estimate of drug-likeness (QED) is 0.635. The second kappa shape index (κ2) is 4.25. The lowest BCUT2D eigenvalue weighted by atomic mass is 10.8. The van der Waals surface area contributed by atoms with Crippen LogP contribution in [0.2, 0.25) is 0 Å². The highest BCUT2D eigenvalue weighted by molar-refractivity contribution is 7.05. The van der Waals surface area contributed by atoms with Gasteiger partial charge in [-0.3, -0.25) is 0 Å². The fraction of sp³-hybridized carbons (Fsp3) is 0.667. The van der Waals surface area contributed by atoms with Gasteiger partial charge in [0.25, 0.3) is 0 Å². The first-order valence-electron chi connectivity index (χ1n) is 3.25. The number of methoxy groups -OCH3 is 1. The molecule has 11 heavy (non-hydrogen) atoms. The Morgan fingerprint density at radius 2 is 2.27 bits per heavy atom. The molecule has 0 amide bonds. The Bertz CT molecular complexity index is 214. The predicted molar refractivity (Wildman–Crippen MR) is 42.0 cm³/mol. The number of aromatic nitrogens is 2. The van der Waals surface area contributed by atoms with Crippen LogP contribution in [0.5, 0.6) is 6.01 Å². The minimum Gasteiger partial charge on any atom is -0.460 e. The third kappa shape index (κ3) is 2.81. The summed E-state index contributed by atoms with van der Waals surface area (Å²) >= 11 is 1.34. The Morgan fingerprint density at radius 3 is 2.82 bits per heavy atom. The molecule has 1 rings (SSSR count). The lowest BCUT2D eigenvalue weighted by Gasteiger charge is -1.97. The van der Waals surface area contributed by atoms with Gasteiger partial charge in [-0.15, -0.1) is 4.37 Å². The van der Waals surface area contributed by atoms with Crippen molar-refractivity contribution in [1.82, 2.24) is 9.36 Å². The summed E-state index contributed by atoms with van der Waals surface area (Å²) in [6, 6.07) is 0.449. The van der Waals surface area contributed by atoms with Crippen molar-refractivity contribution in [3.05, 3.63) is 5.01 Å². The molecular formula is C6H10N2O2S. The molecule has 0 unspecified atom stereocenters. The maximum atomic E-state index is 5.13. The van der Waals surface area contributed by atoms with Crippen LogP contribution in [0.3, 0.4) is 0 Å². The standard InChI is InChI=1S/C6H10N2O2S/c1-5-7-6(8-11-5)10-4-3-9-2/h3-4H2,1-2H3. The summed E-state index contributed by atoms with van der Waals surface area (Å²) in [6.45, 7) is 2.96. The third-order valence-corrected chi connectivity index (χ3v) is 1.63. The van der Waals surface area contributed by atoms with Crippen molar-refractivity contribution in [2.75, 3.05) is 20.3 Å². The van der Waals surface area contributed by atoms with E-state index in [0.717, 1.165) is 5.01 Å². The number of ether oxygens (including phenoxy) is 2. The summed E-state index contributed by atoms with van der Waals surface area (Å²) in [5.74, 6) is 0. The van der Waals surface area contributed by atoms with Gasteiger partial charge in [0.1, 0.15) is 11.6 Å². The number of rotatable bonds is 4. The molecule has 0 fully saturated rings. The Morgan fingerprint density at radius 1 is 1.45 bits per heavy atom. The first-order valence-corrected chi connectivity index (χ1v) is 4.02. The molecular weight excluding hydrogens is 164 g/mol. The summed E-state index contributed by atoms with van der Waals surface area (Å²) in [7, 11) is 1.63. The van der Waals surface area contributed by atoms with Gasteiger partial charge in [0.05, 0.1) is 6.61 Å². The van der Waals surface area contributed by atoms with Crippen molar-refractivity contribution in [3.8, 4) is 6.01 Å². The highest BCUT2D eigenvalue weighted by atomic mass is 32.1. The van der Waals surface area contributed by atoms with E-state index >= 15 is 0 Å². The third-order valence-electron chi connectivity index (χ3n) is 1.03. The molecule has 0 bridgehead atoms. The van der Waals surface area contributed by atoms with Gasteiger partial charge in [0.15, 0.2) is 0 Å². The first kappa shape index (κ1) is 8.42. The molecule has 0 aliphatic rings. The number of nitrogens with zero attached hydrogens (tertiary/aromatic N) is 2. The molecule has 0 aliphatic heterocycles. The van der Waals surface area contributed by atoms with Gasteiger partial charge in [-0.1, -0.05) is 0 Å². The summed E-state index contributed by atoms with van der Waals surface area (Å²) in [5.41, 5.74) is 0. The van der Waals surface area contributed by atoms with Crippen LogP contribution in [0.4, 0.5) is 0 Å². The van der Waals surface area contributed by atoms with Crippen LogP contribution in [0.15, 0.2) is 0 Å². The van der Waals surface area contributed by atoms with Crippen LogP contribution < -0.4 is 4.74 Å². The van der Waals surface area contributed by atoms with E-state index in [9.17, 15) is 0 Å². The van der Waals surface area contributed by atoms with E-state index in [0.29, 0.717) is 19.2 Å². The second-order valence-electron chi connectivity index (χ2n) is 1.94. The molecule has 0 saturated carbocycles. The smallest absolute Gasteiger partial charge is 0.328 e. The Balaban J connectivity index is 2.27. The van der Waals surface area contributed by atoms with Gasteiger partial charge in [-0.2, -0.15) is 4.98 Å². The molecule has 1 aromatic heterocycles. The lowest BCUT2D eigenvalue weighted by molar-refractivity contribution is 0.141. The lowest BCUT2D eigenvalue weighted by Crippen LogP contribution is -2.04. The molecule has 0 spiro atoms. The van der Waals surface area contributed by atoms with E-state index in [2.05, 4.69) is 9.36 Å². The van der Waals surface area contributed by atoms with Gasteiger partial charge < -0.3 is 9.47 Å². The van der Waals surface area contributed by atoms with Crippen molar-refractivity contribution in [2.45, 2.75) is 6.92 Å². The molecule has 4 nitrogen and oxygen atoms in total. The zero-order chi connectivity index (χ0) is 8.10. The number of aryl methyl sites for hydroxylation is 1. The van der Waals surface area contributed by atoms with E-state index in [1.807, 2.05) is 6.92 Å². The predicted octanol–water partition coefficient (Wildman–Crippen LogP) is 0.872. The monoisotopic (exact) mass is 174 g/mol. The van der Waals surface area contributed by atoms with Crippen molar-refractivity contribution >= 4 is 11.5 Å². The van der Waals surface area contributed by atoms with E-state index < -0.39 is 0 Å². The summed E-state index contributed by atoms with van der Waals surface area (Å²) < 4.78 is 13.9. The average Bonchev–Trinajstić information content (AvgIpc) is 2.37. The SMILES string of the molecule is COCCOc1nsc(C)n1. The molecule has 0 aliphatic carbocycles. The van der Waals surface area contributed by atoms with Crippen LogP contribution in [-0.4, -0.2) is 29.7 Å². The highest BCUT2D eigenvalue weighted by Gasteiger charge is 1.98. The van der Waals surface area contributed by atoms with Crippen LogP contribution in [0, 0.1) is 6.92 Å². The van der Waals surface area contributed by atoms with E-state index in [1.165, 1.54) is 11.5 Å². The Kier molecular flexibility index (Phi) is 3.25. The molecule has 0 saturated heterocycles. The van der Waals surface area contributed by atoms with Crippen LogP contribution in [-0.2, 0) is 4.74 Å². The van der Waals surface area contributed by atoms with Gasteiger partial charge >= 0.3 is 6.01 Å². The molecule has 0 aromatic carbocycles. The molecule has 0 N–H and O–H groups in total. The van der Waals surface area contributed by atoms with E-state index in [1.54, 1.807) is 7.11 Å². The average molecular weight is 174 g/mol. The molecule has 0 atom stereocenters. The molecule has 1 aromatic rings. The molecule has 0 radical (unpaired) electrons. The van der Waals surface area contributed by atoms with Crippen molar-refractivity contribution in [2.24, 2.45) is 0 Å². The zero-order valence-electron chi connectivity index (χ0n) is 6.53. The maximum absolute atomic E-state index is 5.13. The van der Waals surface area contributed by atoms with Crippen molar-refractivity contribution in [1.29, 1.82) is 0 Å². The van der Waals surface area contributed by atoms with Gasteiger partial charge in [-0.25, -0.2) is 0 Å². The van der Waals surface area contributed by atoms with Crippen LogP contribution in [0.25, 0.3) is 0 Å². The summed E-state index contributed by atoms with van der Waals surface area (Å²) in [5, 5.41) is 0.914. The van der Waals surface area contributed by atoms with Gasteiger partial charge in [-0.05, 0) is 18.5 Å². The topological polar surface area (TPSA) is 44.2 Å².